The van der Waals surface area contributed by atoms with Crippen molar-refractivity contribution in [2.24, 2.45) is 40.1 Å². The van der Waals surface area contributed by atoms with Crippen LogP contribution in [0, 0.1) is 28.6 Å². The molecule has 4 fully saturated rings. The minimum atomic E-state index is -0.558. The predicted octanol–water partition coefficient (Wildman–Crippen LogP) is 3.52. The lowest BCUT2D eigenvalue weighted by molar-refractivity contribution is -0.167. The summed E-state index contributed by atoms with van der Waals surface area (Å²) in [6, 6.07) is 0. The molecule has 4 rings (SSSR count). The number of carbonyl (C=O) groups is 1. The van der Waals surface area contributed by atoms with Crippen molar-refractivity contribution in [3.8, 4) is 0 Å². The number of halogens is 1. The number of hydrogen-bond acceptors (Lipinski definition) is 4. The number of ketones is 1. The highest BCUT2D eigenvalue weighted by atomic mass is 79.9. The van der Waals surface area contributed by atoms with Gasteiger partial charge in [0.05, 0.1) is 10.9 Å². The Balaban J connectivity index is 1.72. The maximum absolute atomic E-state index is 12.7. The fourth-order valence-corrected chi connectivity index (χ4v) is 8.58. The zero-order valence-corrected chi connectivity index (χ0v) is 18.8. The molecule has 0 saturated heterocycles. The van der Waals surface area contributed by atoms with Gasteiger partial charge in [-0.25, -0.2) is 0 Å². The lowest BCUT2D eigenvalue weighted by atomic mass is 9.39. The van der Waals surface area contributed by atoms with E-state index in [1.54, 1.807) is 0 Å². The average Bonchev–Trinajstić information content (AvgIpc) is 2.88. The summed E-state index contributed by atoms with van der Waals surface area (Å²) in [6.45, 7) is 6.63. The van der Waals surface area contributed by atoms with Crippen LogP contribution in [-0.4, -0.2) is 32.9 Å². The molecule has 154 valence electrons. The van der Waals surface area contributed by atoms with Crippen molar-refractivity contribution in [1.29, 1.82) is 0 Å². The van der Waals surface area contributed by atoms with E-state index in [4.69, 9.17) is 11.5 Å². The zero-order valence-electron chi connectivity index (χ0n) is 17.2. The quantitative estimate of drug-likeness (QED) is 0.572. The van der Waals surface area contributed by atoms with E-state index in [1.807, 2.05) is 6.92 Å². The third-order valence-corrected chi connectivity index (χ3v) is 10.7. The Kier molecular flexibility index (Phi) is 4.53. The summed E-state index contributed by atoms with van der Waals surface area (Å²) in [6.07, 6.45) is 8.51. The lowest BCUT2D eigenvalue weighted by Crippen LogP contribution is -2.77. The molecular formula is C22H37BrN2O2. The van der Waals surface area contributed by atoms with Gasteiger partial charge in [0, 0.05) is 17.0 Å². The average molecular weight is 441 g/mol. The highest BCUT2D eigenvalue weighted by Gasteiger charge is 2.71. The SMILES string of the molecule is CC12CC[C@@]3(N)[C@@H](CC[C@H]4C[C@](C)(O)CC[C@@]43C)[C@]1(N)CC[C@@H]2C(=O)CBr. The maximum Gasteiger partial charge on any atom is 0.147 e. The van der Waals surface area contributed by atoms with Gasteiger partial charge in [0.15, 0.2) is 0 Å². The van der Waals surface area contributed by atoms with Gasteiger partial charge in [-0.3, -0.25) is 4.79 Å². The van der Waals surface area contributed by atoms with Crippen molar-refractivity contribution in [1.82, 2.24) is 0 Å². The van der Waals surface area contributed by atoms with E-state index in [2.05, 4.69) is 29.8 Å². The number of alkyl halides is 1. The third kappa shape index (κ3) is 2.47. The van der Waals surface area contributed by atoms with Crippen molar-refractivity contribution < 1.29 is 9.90 Å². The van der Waals surface area contributed by atoms with Crippen LogP contribution in [0.1, 0.15) is 78.6 Å². The number of carbonyl (C=O) groups excluding carboxylic acids is 1. The van der Waals surface area contributed by atoms with Crippen molar-refractivity contribution in [3.05, 3.63) is 0 Å². The molecule has 0 amide bonds. The molecule has 0 aromatic carbocycles. The van der Waals surface area contributed by atoms with Crippen LogP contribution in [0.3, 0.4) is 0 Å². The van der Waals surface area contributed by atoms with Gasteiger partial charge in [-0.05, 0) is 87.4 Å². The van der Waals surface area contributed by atoms with Gasteiger partial charge in [0.2, 0.25) is 0 Å². The monoisotopic (exact) mass is 440 g/mol. The minimum absolute atomic E-state index is 0.0311. The fourth-order valence-electron chi connectivity index (χ4n) is 8.19. The summed E-state index contributed by atoms with van der Waals surface area (Å²) in [5.74, 6) is 1.10. The van der Waals surface area contributed by atoms with Crippen LogP contribution < -0.4 is 11.5 Å². The number of nitrogens with two attached hydrogens (primary N) is 2. The van der Waals surface area contributed by atoms with Gasteiger partial charge in [-0.15, -0.1) is 0 Å². The van der Waals surface area contributed by atoms with E-state index >= 15 is 0 Å². The van der Waals surface area contributed by atoms with Crippen molar-refractivity contribution >= 4 is 21.7 Å². The smallest absolute Gasteiger partial charge is 0.147 e. The summed E-state index contributed by atoms with van der Waals surface area (Å²) < 4.78 is 0. The number of Topliss-reactive ketones (excluding diaryl/α,β-unsaturated/α-hetero) is 1. The number of aliphatic hydroxyl groups is 1. The molecule has 0 radical (unpaired) electrons. The second-order valence-corrected chi connectivity index (χ2v) is 11.7. The van der Waals surface area contributed by atoms with Crippen molar-refractivity contribution in [3.63, 3.8) is 0 Å². The zero-order chi connectivity index (χ0) is 19.9. The molecule has 4 aliphatic rings. The van der Waals surface area contributed by atoms with Gasteiger partial charge in [0.25, 0.3) is 0 Å². The Morgan fingerprint density at radius 2 is 1.59 bits per heavy atom. The molecule has 4 aliphatic carbocycles. The van der Waals surface area contributed by atoms with Crippen LogP contribution in [0.2, 0.25) is 0 Å². The molecular weight excluding hydrogens is 404 g/mol. The van der Waals surface area contributed by atoms with Crippen molar-refractivity contribution in [2.45, 2.75) is 95.2 Å². The summed E-state index contributed by atoms with van der Waals surface area (Å²) in [5, 5.41) is 11.1. The molecule has 0 bridgehead atoms. The van der Waals surface area contributed by atoms with Gasteiger partial charge < -0.3 is 16.6 Å². The first-order chi connectivity index (χ1) is 12.4. The van der Waals surface area contributed by atoms with E-state index in [0.29, 0.717) is 17.0 Å². The van der Waals surface area contributed by atoms with Gasteiger partial charge in [-0.2, -0.15) is 0 Å². The molecule has 0 aliphatic heterocycles. The minimum Gasteiger partial charge on any atom is -0.390 e. The van der Waals surface area contributed by atoms with Crippen LogP contribution in [0.15, 0.2) is 0 Å². The first-order valence-electron chi connectivity index (χ1n) is 10.8. The first kappa shape index (κ1) is 20.3. The number of hydrogen-bond donors (Lipinski definition) is 3. The predicted molar refractivity (Wildman–Crippen MR) is 111 cm³/mol. The third-order valence-electron chi connectivity index (χ3n) is 10.1. The van der Waals surface area contributed by atoms with Gasteiger partial charge >= 0.3 is 0 Å². The van der Waals surface area contributed by atoms with E-state index in [9.17, 15) is 9.90 Å². The number of rotatable bonds is 2. The first-order valence-corrected chi connectivity index (χ1v) is 11.9. The largest absolute Gasteiger partial charge is 0.390 e. The molecule has 0 heterocycles. The summed E-state index contributed by atoms with van der Waals surface area (Å²) in [7, 11) is 0. The molecule has 4 saturated carbocycles. The molecule has 5 N–H and O–H groups in total. The van der Waals surface area contributed by atoms with E-state index < -0.39 is 5.60 Å². The molecule has 5 heteroatoms. The highest BCUT2D eigenvalue weighted by molar-refractivity contribution is 9.09. The summed E-state index contributed by atoms with van der Waals surface area (Å²) >= 11 is 3.39. The standard InChI is InChI=1S/C22H37BrN2O2/c1-18(27)8-9-19(2)14(12-18)4-5-17-21(24)7-6-15(16(26)13-23)20(21,3)10-11-22(17,19)25/h14-15,17,27H,4-13,24-25H2,1-3H3/t14-,15+,17-,18+,19-,20?,21+,22+/m0/s1. The van der Waals surface area contributed by atoms with Gasteiger partial charge in [0.1, 0.15) is 5.78 Å². The van der Waals surface area contributed by atoms with Crippen LogP contribution >= 0.6 is 15.9 Å². The highest BCUT2D eigenvalue weighted by Crippen LogP contribution is 2.69. The van der Waals surface area contributed by atoms with Crippen molar-refractivity contribution in [2.75, 3.05) is 5.33 Å². The molecule has 1 unspecified atom stereocenters. The normalized spacial score (nSPS) is 57.5. The van der Waals surface area contributed by atoms with Crippen LogP contribution in [0.25, 0.3) is 0 Å². The topological polar surface area (TPSA) is 89.3 Å². The summed E-state index contributed by atoms with van der Waals surface area (Å²) in [4.78, 5) is 12.7. The Morgan fingerprint density at radius 3 is 2.26 bits per heavy atom. The van der Waals surface area contributed by atoms with E-state index in [1.165, 1.54) is 0 Å². The van der Waals surface area contributed by atoms with Crippen LogP contribution in [-0.2, 0) is 4.79 Å². The Labute approximate surface area is 172 Å². The van der Waals surface area contributed by atoms with E-state index in [0.717, 1.165) is 57.8 Å². The molecule has 0 aromatic heterocycles. The lowest BCUT2D eigenvalue weighted by Gasteiger charge is -2.69. The molecule has 0 aromatic rings. The van der Waals surface area contributed by atoms with Crippen LogP contribution in [0.4, 0.5) is 0 Å². The Bertz CT molecular complexity index is 654. The Morgan fingerprint density at radius 1 is 0.963 bits per heavy atom. The van der Waals surface area contributed by atoms with Crippen LogP contribution in [0.5, 0.6) is 0 Å². The molecule has 4 nitrogen and oxygen atoms in total. The van der Waals surface area contributed by atoms with E-state index in [-0.39, 0.29) is 33.7 Å². The summed E-state index contributed by atoms with van der Waals surface area (Å²) in [5.41, 5.74) is 13.3. The molecule has 0 spiro atoms. The Hall–Kier alpha value is 0.0300. The fraction of sp³-hybridized carbons (Fsp3) is 0.955. The maximum atomic E-state index is 12.7. The second-order valence-electron chi connectivity index (χ2n) is 11.1. The molecule has 8 atom stereocenters. The number of fused-ring (bicyclic) bond motifs is 5. The second kappa shape index (κ2) is 6.02. The molecule has 27 heavy (non-hydrogen) atoms. The van der Waals surface area contributed by atoms with Gasteiger partial charge in [-0.1, -0.05) is 29.8 Å².